The summed E-state index contributed by atoms with van der Waals surface area (Å²) in [5.74, 6) is 1.22. The second-order valence-electron chi connectivity index (χ2n) is 3.91. The molecule has 0 N–H and O–H groups in total. The minimum atomic E-state index is 0. The Labute approximate surface area is 336 Å². The van der Waals surface area contributed by atoms with Gasteiger partial charge < -0.3 is 27.7 Å². The monoisotopic (exact) mass is 584 g/mol. The first-order chi connectivity index (χ1) is 7.83. The average molecular weight is 586 g/mol. The van der Waals surface area contributed by atoms with E-state index in [2.05, 4.69) is 55.4 Å². The van der Waals surface area contributed by atoms with E-state index in [-0.39, 0.29) is 233 Å². The summed E-state index contributed by atoms with van der Waals surface area (Å²) in [6, 6.07) is 0. The SMILES string of the molecule is CC.[CH2-]C(C)C.[CH2-]C(C)CC.[CH2-]CC.[CH2-]CC.[Rb+].[Rb+].[Rb+].[Rb+]. The van der Waals surface area contributed by atoms with Gasteiger partial charge in [0.15, 0.2) is 0 Å². The largest absolute Gasteiger partial charge is 1.00 e. The van der Waals surface area contributed by atoms with Crippen LogP contribution in [0.25, 0.3) is 0 Å². The maximum absolute atomic E-state index is 3.76. The van der Waals surface area contributed by atoms with Gasteiger partial charge in [-0.3, -0.25) is 0 Å². The molecular formula is C17H40Rb4. The fraction of sp³-hybridized carbons (Fsp3) is 0.765. The smallest absolute Gasteiger partial charge is 0.344 e. The van der Waals surface area contributed by atoms with Crippen LogP contribution in [0.4, 0.5) is 0 Å². The van der Waals surface area contributed by atoms with Crippen LogP contribution in [0.3, 0.4) is 0 Å². The molecule has 0 saturated carbocycles. The van der Waals surface area contributed by atoms with Crippen LogP contribution in [-0.4, -0.2) is 0 Å². The molecule has 0 spiro atoms. The molecule has 0 heterocycles. The fourth-order valence-electron chi connectivity index (χ4n) is 0. The molecule has 1 atom stereocenters. The third kappa shape index (κ3) is 204. The summed E-state index contributed by atoms with van der Waals surface area (Å²) in [5, 5.41) is 0. The Kier molecular flexibility index (Phi) is 192. The second kappa shape index (κ2) is 71.1. The Bertz CT molecular complexity index is 63.1. The van der Waals surface area contributed by atoms with Gasteiger partial charge in [0.1, 0.15) is 0 Å². The fourth-order valence-corrected chi connectivity index (χ4v) is 0. The normalized spacial score (nSPS) is 7.29. The average Bonchev–Trinajstić information content (AvgIpc) is 2.22. The number of hydrogen-bond acceptors (Lipinski definition) is 0. The van der Waals surface area contributed by atoms with Crippen molar-refractivity contribution >= 4 is 0 Å². The van der Waals surface area contributed by atoms with Gasteiger partial charge in [-0.1, -0.05) is 61.8 Å². The molecule has 21 heavy (non-hydrogen) atoms. The van der Waals surface area contributed by atoms with E-state index in [1.165, 1.54) is 6.42 Å². The van der Waals surface area contributed by atoms with E-state index >= 15 is 0 Å². The molecule has 0 rings (SSSR count). The minimum absolute atomic E-state index is 0. The van der Waals surface area contributed by atoms with E-state index in [0.29, 0.717) is 11.8 Å². The van der Waals surface area contributed by atoms with Crippen molar-refractivity contribution in [1.29, 1.82) is 0 Å². The van der Waals surface area contributed by atoms with Crippen molar-refractivity contribution in [2.24, 2.45) is 11.8 Å². The van der Waals surface area contributed by atoms with E-state index in [9.17, 15) is 0 Å². The van der Waals surface area contributed by atoms with Crippen molar-refractivity contribution in [2.45, 2.75) is 74.7 Å². The molecule has 0 radical (unpaired) electrons. The number of hydrogen-bond donors (Lipinski definition) is 0. The molecule has 0 aliphatic rings. The van der Waals surface area contributed by atoms with Crippen LogP contribution < -0.4 is 233 Å². The molecule has 0 aromatic heterocycles. The van der Waals surface area contributed by atoms with Gasteiger partial charge in [0, 0.05) is 0 Å². The zero-order valence-corrected chi connectivity index (χ0v) is 37.8. The van der Waals surface area contributed by atoms with Gasteiger partial charge in [-0.05, 0) is 0 Å². The van der Waals surface area contributed by atoms with Gasteiger partial charge in [-0.2, -0.15) is 24.7 Å². The van der Waals surface area contributed by atoms with Gasteiger partial charge in [0.25, 0.3) is 0 Å². The summed E-state index contributed by atoms with van der Waals surface area (Å²) in [4.78, 5) is 0. The summed E-state index contributed by atoms with van der Waals surface area (Å²) in [6.45, 7) is 30.8. The Hall–Kier alpha value is 7.22. The molecular weight excluding hydrogens is 546 g/mol. The minimum Gasteiger partial charge on any atom is -0.344 e. The maximum Gasteiger partial charge on any atom is 1.00 e. The van der Waals surface area contributed by atoms with Crippen LogP contribution in [-0.2, 0) is 0 Å². The Morgan fingerprint density at radius 3 is 0.714 bits per heavy atom. The zero-order chi connectivity index (χ0) is 15.3. The van der Waals surface area contributed by atoms with Gasteiger partial charge in [0.2, 0.25) is 0 Å². The predicted molar refractivity (Wildman–Crippen MR) is 87.7 cm³/mol. The van der Waals surface area contributed by atoms with Crippen LogP contribution in [0, 0.1) is 39.5 Å². The van der Waals surface area contributed by atoms with Crippen LogP contribution in [0.15, 0.2) is 0 Å². The van der Waals surface area contributed by atoms with Crippen molar-refractivity contribution in [2.75, 3.05) is 0 Å². The van der Waals surface area contributed by atoms with Crippen molar-refractivity contribution in [1.82, 2.24) is 0 Å². The summed E-state index contributed by atoms with van der Waals surface area (Å²) in [7, 11) is 0. The van der Waals surface area contributed by atoms with Crippen LogP contribution in [0.5, 0.6) is 0 Å². The summed E-state index contributed by atoms with van der Waals surface area (Å²) < 4.78 is 0. The molecule has 1 unspecified atom stereocenters. The molecule has 0 aromatic carbocycles. The predicted octanol–water partition coefficient (Wildman–Crippen LogP) is -5.15. The third-order valence-electron chi connectivity index (χ3n) is 0.697. The van der Waals surface area contributed by atoms with Crippen molar-refractivity contribution in [3.05, 3.63) is 27.7 Å². The standard InChI is InChI=1S/C5H11.C4H9.2C3H7.C2H6.4Rb/c1-4-5(2)3;1-4(2)3;2*1-3-2;1-2;;;;/h5H,2,4H2,1,3H3;4H,1H2,2-3H3;2*1,3H2,2H3;1-2H3;;;;/q4*-1;;4*+1. The topological polar surface area (TPSA) is 0 Å². The molecule has 0 aromatic rings. The first kappa shape index (κ1) is 56.6. The Morgan fingerprint density at radius 1 is 0.667 bits per heavy atom. The van der Waals surface area contributed by atoms with E-state index in [1.54, 1.807) is 0 Å². The summed E-state index contributed by atoms with van der Waals surface area (Å²) >= 11 is 0. The maximum atomic E-state index is 3.76. The molecule has 0 fully saturated rings. The van der Waals surface area contributed by atoms with E-state index < -0.39 is 0 Å². The van der Waals surface area contributed by atoms with Crippen LogP contribution in [0.1, 0.15) is 74.7 Å². The van der Waals surface area contributed by atoms with Crippen molar-refractivity contribution < 1.29 is 233 Å². The molecule has 0 aliphatic heterocycles. The quantitative estimate of drug-likeness (QED) is 0.270. The van der Waals surface area contributed by atoms with E-state index in [4.69, 9.17) is 0 Å². The van der Waals surface area contributed by atoms with Crippen LogP contribution >= 0.6 is 0 Å². The van der Waals surface area contributed by atoms with Gasteiger partial charge in [-0.15, -0.1) is 0 Å². The molecule has 0 saturated heterocycles. The summed E-state index contributed by atoms with van der Waals surface area (Å²) in [5.41, 5.74) is 0. The van der Waals surface area contributed by atoms with E-state index in [1.807, 2.05) is 27.7 Å². The molecule has 0 amide bonds. The molecule has 0 nitrogen and oxygen atoms in total. The molecule has 0 bridgehead atoms. The van der Waals surface area contributed by atoms with Gasteiger partial charge in [-0.25, -0.2) is 0 Å². The van der Waals surface area contributed by atoms with Gasteiger partial charge >= 0.3 is 233 Å². The first-order valence-electron chi connectivity index (χ1n) is 7.08. The number of rotatable bonds is 1. The molecule has 0 aliphatic carbocycles. The molecule has 4 heteroatoms. The van der Waals surface area contributed by atoms with Crippen LogP contribution in [0.2, 0.25) is 0 Å². The summed E-state index contributed by atoms with van der Waals surface area (Å²) in [6.07, 6.45) is 3.19. The first-order valence-corrected chi connectivity index (χ1v) is 7.08. The zero-order valence-electron chi connectivity index (χ0n) is 18.1. The van der Waals surface area contributed by atoms with E-state index in [0.717, 1.165) is 12.8 Å². The van der Waals surface area contributed by atoms with Gasteiger partial charge in [0.05, 0.1) is 0 Å². The molecule has 112 valence electrons. The Balaban J connectivity index is -0.0000000120. The van der Waals surface area contributed by atoms with Crippen molar-refractivity contribution in [3.8, 4) is 0 Å². The van der Waals surface area contributed by atoms with Crippen molar-refractivity contribution in [3.63, 3.8) is 0 Å². The Morgan fingerprint density at radius 2 is 0.714 bits per heavy atom. The second-order valence-corrected chi connectivity index (χ2v) is 3.91. The third-order valence-corrected chi connectivity index (χ3v) is 0.697.